The Morgan fingerprint density at radius 2 is 2.29 bits per heavy atom. The van der Waals surface area contributed by atoms with Crippen molar-refractivity contribution < 1.29 is 4.74 Å². The second-order valence-electron chi connectivity index (χ2n) is 4.58. The van der Waals surface area contributed by atoms with E-state index in [4.69, 9.17) is 4.74 Å². The van der Waals surface area contributed by atoms with Crippen molar-refractivity contribution in [1.82, 2.24) is 14.9 Å². The van der Waals surface area contributed by atoms with Crippen LogP contribution in [0.1, 0.15) is 38.4 Å². The molecule has 0 aromatic carbocycles. The highest BCUT2D eigenvalue weighted by molar-refractivity contribution is 4.91. The molecule has 1 aromatic heterocycles. The second kappa shape index (κ2) is 6.77. The van der Waals surface area contributed by atoms with Crippen LogP contribution in [-0.4, -0.2) is 28.8 Å². The van der Waals surface area contributed by atoms with Crippen LogP contribution < -0.4 is 5.32 Å². The van der Waals surface area contributed by atoms with Gasteiger partial charge in [-0.1, -0.05) is 12.8 Å². The summed E-state index contributed by atoms with van der Waals surface area (Å²) in [6.45, 7) is 5.67. The van der Waals surface area contributed by atoms with Crippen LogP contribution in [-0.2, 0) is 17.8 Å². The van der Waals surface area contributed by atoms with E-state index < -0.39 is 0 Å². The number of nitrogens with one attached hydrogen (secondary N) is 1. The topological polar surface area (TPSA) is 39.1 Å². The van der Waals surface area contributed by atoms with Crippen molar-refractivity contribution in [3.63, 3.8) is 0 Å². The molecular formula is C13H23N3O. The third-order valence-electron chi connectivity index (χ3n) is 3.36. The molecule has 0 saturated heterocycles. The van der Waals surface area contributed by atoms with E-state index in [1.54, 1.807) is 0 Å². The Morgan fingerprint density at radius 3 is 3.06 bits per heavy atom. The minimum absolute atomic E-state index is 0.523. The zero-order valence-corrected chi connectivity index (χ0v) is 10.7. The Labute approximate surface area is 103 Å². The standard InChI is InChI=1S/C13H23N3O/c1-2-16-9-7-15-13(16)11-14-8-10-17-12-5-3-4-6-12/h7,9,12,14H,2-6,8,10-11H2,1H3. The van der Waals surface area contributed by atoms with Crippen molar-refractivity contribution >= 4 is 0 Å². The molecule has 1 heterocycles. The Bertz CT molecular complexity index is 318. The molecule has 0 aliphatic heterocycles. The lowest BCUT2D eigenvalue weighted by molar-refractivity contribution is 0.0602. The lowest BCUT2D eigenvalue weighted by Crippen LogP contribution is -2.23. The van der Waals surface area contributed by atoms with Gasteiger partial charge in [0.15, 0.2) is 0 Å². The summed E-state index contributed by atoms with van der Waals surface area (Å²) in [6, 6.07) is 0. The maximum atomic E-state index is 5.79. The minimum atomic E-state index is 0.523. The summed E-state index contributed by atoms with van der Waals surface area (Å²) in [4.78, 5) is 4.32. The highest BCUT2D eigenvalue weighted by Crippen LogP contribution is 2.20. The fourth-order valence-corrected chi connectivity index (χ4v) is 2.35. The first-order chi connectivity index (χ1) is 8.40. The summed E-state index contributed by atoms with van der Waals surface area (Å²) in [7, 11) is 0. The number of nitrogens with zero attached hydrogens (tertiary/aromatic N) is 2. The van der Waals surface area contributed by atoms with Crippen LogP contribution in [0.15, 0.2) is 12.4 Å². The summed E-state index contributed by atoms with van der Waals surface area (Å²) in [5.41, 5.74) is 0. The smallest absolute Gasteiger partial charge is 0.122 e. The summed E-state index contributed by atoms with van der Waals surface area (Å²) in [5.74, 6) is 1.10. The van der Waals surface area contributed by atoms with Gasteiger partial charge in [-0.3, -0.25) is 0 Å². The van der Waals surface area contributed by atoms with Gasteiger partial charge in [0.1, 0.15) is 5.82 Å². The van der Waals surface area contributed by atoms with Gasteiger partial charge in [-0.25, -0.2) is 4.98 Å². The van der Waals surface area contributed by atoms with Crippen molar-refractivity contribution in [3.05, 3.63) is 18.2 Å². The van der Waals surface area contributed by atoms with Crippen LogP contribution in [0.2, 0.25) is 0 Å². The van der Waals surface area contributed by atoms with Crippen LogP contribution in [0.3, 0.4) is 0 Å². The zero-order valence-electron chi connectivity index (χ0n) is 10.7. The fraction of sp³-hybridized carbons (Fsp3) is 0.769. The maximum absolute atomic E-state index is 5.79. The van der Waals surface area contributed by atoms with Crippen LogP contribution in [0.4, 0.5) is 0 Å². The summed E-state index contributed by atoms with van der Waals surface area (Å²) >= 11 is 0. The lowest BCUT2D eigenvalue weighted by Gasteiger charge is -2.11. The van der Waals surface area contributed by atoms with Gasteiger partial charge in [0, 0.05) is 25.5 Å². The number of imidazole rings is 1. The van der Waals surface area contributed by atoms with Gasteiger partial charge in [-0.2, -0.15) is 0 Å². The van der Waals surface area contributed by atoms with Gasteiger partial charge in [0.2, 0.25) is 0 Å². The zero-order chi connectivity index (χ0) is 11.9. The molecule has 0 amide bonds. The van der Waals surface area contributed by atoms with Crippen molar-refractivity contribution in [1.29, 1.82) is 0 Å². The van der Waals surface area contributed by atoms with Crippen molar-refractivity contribution in [3.8, 4) is 0 Å². The highest BCUT2D eigenvalue weighted by atomic mass is 16.5. The molecule has 0 unspecified atom stereocenters. The van der Waals surface area contributed by atoms with E-state index >= 15 is 0 Å². The average molecular weight is 237 g/mol. The molecule has 96 valence electrons. The van der Waals surface area contributed by atoms with E-state index in [0.29, 0.717) is 6.10 Å². The molecular weight excluding hydrogens is 214 g/mol. The number of hydrogen-bond acceptors (Lipinski definition) is 3. The number of aryl methyl sites for hydroxylation is 1. The average Bonchev–Trinajstić information content (AvgIpc) is 2.98. The van der Waals surface area contributed by atoms with E-state index in [0.717, 1.165) is 32.1 Å². The van der Waals surface area contributed by atoms with E-state index in [9.17, 15) is 0 Å². The predicted molar refractivity (Wildman–Crippen MR) is 67.8 cm³/mol. The number of aromatic nitrogens is 2. The van der Waals surface area contributed by atoms with Crippen molar-refractivity contribution in [2.24, 2.45) is 0 Å². The predicted octanol–water partition coefficient (Wildman–Crippen LogP) is 1.95. The van der Waals surface area contributed by atoms with Crippen LogP contribution in [0.25, 0.3) is 0 Å². The van der Waals surface area contributed by atoms with Gasteiger partial charge in [-0.05, 0) is 19.8 Å². The molecule has 0 atom stereocenters. The molecule has 1 N–H and O–H groups in total. The Balaban J connectivity index is 1.56. The van der Waals surface area contributed by atoms with E-state index in [-0.39, 0.29) is 0 Å². The molecule has 17 heavy (non-hydrogen) atoms. The summed E-state index contributed by atoms with van der Waals surface area (Å²) in [6.07, 6.45) is 9.58. The molecule has 4 heteroatoms. The highest BCUT2D eigenvalue weighted by Gasteiger charge is 2.14. The normalized spacial score (nSPS) is 16.8. The van der Waals surface area contributed by atoms with Gasteiger partial charge in [-0.15, -0.1) is 0 Å². The van der Waals surface area contributed by atoms with Crippen LogP contribution in [0.5, 0.6) is 0 Å². The third kappa shape index (κ3) is 3.82. The molecule has 4 nitrogen and oxygen atoms in total. The van der Waals surface area contributed by atoms with Crippen LogP contribution in [0, 0.1) is 0 Å². The van der Waals surface area contributed by atoms with E-state index in [1.807, 2.05) is 12.4 Å². The molecule has 0 bridgehead atoms. The molecule has 0 spiro atoms. The lowest BCUT2D eigenvalue weighted by atomic mass is 10.3. The van der Waals surface area contributed by atoms with Gasteiger partial charge < -0.3 is 14.6 Å². The minimum Gasteiger partial charge on any atom is -0.377 e. The SMILES string of the molecule is CCn1ccnc1CNCCOC1CCCC1. The molecule has 1 aromatic rings. The van der Waals surface area contributed by atoms with E-state index in [2.05, 4.69) is 21.8 Å². The first kappa shape index (κ1) is 12.6. The Hall–Kier alpha value is -0.870. The number of hydrogen-bond donors (Lipinski definition) is 1. The summed E-state index contributed by atoms with van der Waals surface area (Å²) < 4.78 is 7.95. The largest absolute Gasteiger partial charge is 0.377 e. The fourth-order valence-electron chi connectivity index (χ4n) is 2.35. The molecule has 2 rings (SSSR count). The van der Waals surface area contributed by atoms with Gasteiger partial charge in [0.25, 0.3) is 0 Å². The van der Waals surface area contributed by atoms with E-state index in [1.165, 1.54) is 25.7 Å². The van der Waals surface area contributed by atoms with Crippen molar-refractivity contribution in [2.45, 2.75) is 51.8 Å². The first-order valence-corrected chi connectivity index (χ1v) is 6.72. The summed E-state index contributed by atoms with van der Waals surface area (Å²) in [5, 5.41) is 3.38. The molecule has 1 saturated carbocycles. The first-order valence-electron chi connectivity index (χ1n) is 6.72. The molecule has 0 radical (unpaired) electrons. The second-order valence-corrected chi connectivity index (χ2v) is 4.58. The number of ether oxygens (including phenoxy) is 1. The molecule has 1 aliphatic rings. The quantitative estimate of drug-likeness (QED) is 0.737. The monoisotopic (exact) mass is 237 g/mol. The molecule has 1 aliphatic carbocycles. The Kier molecular flexibility index (Phi) is 5.01. The van der Waals surface area contributed by atoms with Crippen molar-refractivity contribution in [2.75, 3.05) is 13.2 Å². The van der Waals surface area contributed by atoms with Gasteiger partial charge >= 0.3 is 0 Å². The maximum Gasteiger partial charge on any atom is 0.122 e. The van der Waals surface area contributed by atoms with Gasteiger partial charge in [0.05, 0.1) is 19.3 Å². The molecule has 1 fully saturated rings. The number of rotatable bonds is 7. The third-order valence-corrected chi connectivity index (χ3v) is 3.36. The van der Waals surface area contributed by atoms with Crippen LogP contribution >= 0.6 is 0 Å². The Morgan fingerprint density at radius 1 is 1.47 bits per heavy atom.